The summed E-state index contributed by atoms with van der Waals surface area (Å²) in [4.78, 5) is 39.6. The molecule has 2 unspecified atom stereocenters. The van der Waals surface area contributed by atoms with Gasteiger partial charge in [-0.2, -0.15) is 5.09 Å². The summed E-state index contributed by atoms with van der Waals surface area (Å²) in [6.07, 6.45) is 0.143. The molecular formula is C26H29N4O9P. The first-order valence-electron chi connectivity index (χ1n) is 12.3. The number of carbonyl (C=O) groups excluding carboxylic acids is 3. The van der Waals surface area contributed by atoms with Crippen molar-refractivity contribution in [2.24, 2.45) is 11.7 Å². The molecule has 3 aromatic rings. The largest absolute Gasteiger partial charge is 0.493 e. The van der Waals surface area contributed by atoms with Crippen LogP contribution in [0.2, 0.25) is 0 Å². The normalized spacial score (nSPS) is 20.8. The van der Waals surface area contributed by atoms with Gasteiger partial charge in [-0.25, -0.2) is 9.55 Å². The Hall–Kier alpha value is -4.03. The van der Waals surface area contributed by atoms with Crippen LogP contribution in [0.5, 0.6) is 11.6 Å². The van der Waals surface area contributed by atoms with Crippen LogP contribution in [0.3, 0.4) is 0 Å². The summed E-state index contributed by atoms with van der Waals surface area (Å²) in [7, 11) is -4.22. The number of nitrogens with zero attached hydrogens (tertiary/aromatic N) is 2. The molecule has 0 radical (unpaired) electrons. The number of primary amides is 1. The van der Waals surface area contributed by atoms with Crippen molar-refractivity contribution in [3.63, 3.8) is 0 Å². The maximum Gasteiger partial charge on any atom is 0.459 e. The van der Waals surface area contributed by atoms with Crippen molar-refractivity contribution in [3.8, 4) is 11.6 Å². The molecule has 212 valence electrons. The van der Waals surface area contributed by atoms with Crippen molar-refractivity contribution in [3.05, 3.63) is 78.2 Å². The Bertz CT molecular complexity index is 1370. The second-order valence-corrected chi connectivity index (χ2v) is 10.7. The lowest BCUT2D eigenvalue weighted by atomic mass is 10.0. The molecule has 1 aliphatic rings. The van der Waals surface area contributed by atoms with E-state index in [-0.39, 0.29) is 31.1 Å². The highest BCUT2D eigenvalue weighted by atomic mass is 31.2. The highest BCUT2D eigenvalue weighted by molar-refractivity contribution is 7.52. The molecule has 0 spiro atoms. The molecule has 5 atom stereocenters. The van der Waals surface area contributed by atoms with Gasteiger partial charge in [0.2, 0.25) is 5.88 Å². The zero-order chi connectivity index (χ0) is 28.7. The summed E-state index contributed by atoms with van der Waals surface area (Å²) in [5, 5.41) is 12.9. The Morgan fingerprint density at radius 3 is 2.52 bits per heavy atom. The summed E-state index contributed by atoms with van der Waals surface area (Å²) >= 11 is 0. The highest BCUT2D eigenvalue weighted by Gasteiger charge is 2.41. The van der Waals surface area contributed by atoms with E-state index in [0.29, 0.717) is 6.29 Å². The third-order valence-electron chi connectivity index (χ3n) is 6.08. The van der Waals surface area contributed by atoms with Crippen LogP contribution in [0, 0.1) is 5.92 Å². The number of benzene rings is 2. The highest BCUT2D eigenvalue weighted by Crippen LogP contribution is 2.46. The molecule has 14 heteroatoms. The second kappa shape index (κ2) is 12.9. The van der Waals surface area contributed by atoms with E-state index in [1.807, 2.05) is 18.2 Å². The number of aromatic hydroxyl groups is 1. The van der Waals surface area contributed by atoms with Gasteiger partial charge in [0, 0.05) is 12.3 Å². The first kappa shape index (κ1) is 29.0. The molecule has 1 fully saturated rings. The van der Waals surface area contributed by atoms with Crippen LogP contribution < -0.4 is 15.3 Å². The second-order valence-electron chi connectivity index (χ2n) is 8.99. The molecule has 40 heavy (non-hydrogen) atoms. The van der Waals surface area contributed by atoms with Gasteiger partial charge in [-0.3, -0.25) is 18.7 Å². The van der Waals surface area contributed by atoms with Gasteiger partial charge in [0.05, 0.1) is 12.7 Å². The van der Waals surface area contributed by atoms with Gasteiger partial charge in [-0.1, -0.05) is 48.5 Å². The molecule has 0 saturated carbocycles. The molecule has 4 rings (SSSR count). The fourth-order valence-electron chi connectivity index (χ4n) is 3.99. The molecule has 2 heterocycles. The number of aldehydes is 1. The van der Waals surface area contributed by atoms with Crippen LogP contribution in [0.15, 0.2) is 67.0 Å². The van der Waals surface area contributed by atoms with E-state index in [1.54, 1.807) is 42.5 Å². The van der Waals surface area contributed by atoms with Crippen LogP contribution in [0.1, 0.15) is 35.6 Å². The SMILES string of the molecule is C[C@H](NP(=O)(OC[C@H]1O[C@@H](n2cnc(C(N)=O)c2O)CC1C=O)Oc1ccccc1)C(=O)OCc1ccccc1. The predicted octanol–water partition coefficient (Wildman–Crippen LogP) is 2.72. The third kappa shape index (κ3) is 7.13. The Morgan fingerprint density at radius 2 is 1.90 bits per heavy atom. The summed E-state index contributed by atoms with van der Waals surface area (Å²) in [5.74, 6) is -2.63. The first-order valence-corrected chi connectivity index (χ1v) is 13.9. The van der Waals surface area contributed by atoms with Gasteiger partial charge in [0.15, 0.2) is 5.69 Å². The maximum absolute atomic E-state index is 13.8. The lowest BCUT2D eigenvalue weighted by Gasteiger charge is -2.24. The average Bonchev–Trinajstić information content (AvgIpc) is 3.54. The maximum atomic E-state index is 13.8. The Morgan fingerprint density at radius 1 is 1.23 bits per heavy atom. The number of hydrogen-bond donors (Lipinski definition) is 3. The average molecular weight is 573 g/mol. The smallest absolute Gasteiger partial charge is 0.459 e. The van der Waals surface area contributed by atoms with Crippen molar-refractivity contribution < 1.29 is 42.6 Å². The minimum Gasteiger partial charge on any atom is -0.493 e. The van der Waals surface area contributed by atoms with Gasteiger partial charge >= 0.3 is 13.7 Å². The van der Waals surface area contributed by atoms with Crippen LogP contribution >= 0.6 is 7.75 Å². The van der Waals surface area contributed by atoms with Crippen LogP contribution in [0.4, 0.5) is 0 Å². The lowest BCUT2D eigenvalue weighted by molar-refractivity contribution is -0.146. The minimum atomic E-state index is -4.22. The number of carbonyl (C=O) groups is 3. The van der Waals surface area contributed by atoms with Gasteiger partial charge < -0.3 is 29.6 Å². The minimum absolute atomic E-state index is 0.0211. The van der Waals surface area contributed by atoms with E-state index < -0.39 is 49.8 Å². The first-order chi connectivity index (χ1) is 19.2. The van der Waals surface area contributed by atoms with Crippen molar-refractivity contribution in [1.82, 2.24) is 14.6 Å². The third-order valence-corrected chi connectivity index (χ3v) is 7.72. The van der Waals surface area contributed by atoms with Crippen molar-refractivity contribution in [1.29, 1.82) is 0 Å². The number of hydrogen-bond acceptors (Lipinski definition) is 10. The van der Waals surface area contributed by atoms with E-state index in [2.05, 4.69) is 10.1 Å². The van der Waals surface area contributed by atoms with E-state index in [9.17, 15) is 24.1 Å². The van der Waals surface area contributed by atoms with Gasteiger partial charge in [-0.05, 0) is 24.6 Å². The van der Waals surface area contributed by atoms with Gasteiger partial charge in [-0.15, -0.1) is 0 Å². The molecule has 1 amide bonds. The number of nitrogens with two attached hydrogens (primary N) is 1. The number of nitrogens with one attached hydrogen (secondary N) is 1. The lowest BCUT2D eigenvalue weighted by Crippen LogP contribution is -2.36. The Kier molecular flexibility index (Phi) is 9.33. The predicted molar refractivity (Wildman–Crippen MR) is 140 cm³/mol. The zero-order valence-corrected chi connectivity index (χ0v) is 22.4. The summed E-state index contributed by atoms with van der Waals surface area (Å²) in [6, 6.07) is 16.2. The summed E-state index contributed by atoms with van der Waals surface area (Å²) < 4.78 is 37.4. The molecule has 13 nitrogen and oxygen atoms in total. The van der Waals surface area contributed by atoms with Crippen molar-refractivity contribution >= 4 is 25.9 Å². The molecule has 0 aliphatic carbocycles. The number of para-hydroxylation sites is 1. The number of rotatable bonds is 13. The van der Waals surface area contributed by atoms with Gasteiger partial charge in [0.1, 0.15) is 37.2 Å². The van der Waals surface area contributed by atoms with E-state index in [4.69, 9.17) is 24.3 Å². The fourth-order valence-corrected chi connectivity index (χ4v) is 5.49. The number of esters is 1. The molecule has 2 aromatic carbocycles. The molecule has 1 aromatic heterocycles. The fraction of sp³-hybridized carbons (Fsp3) is 0.308. The molecular weight excluding hydrogens is 543 g/mol. The van der Waals surface area contributed by atoms with Crippen molar-refractivity contribution in [2.75, 3.05) is 6.61 Å². The van der Waals surface area contributed by atoms with Crippen molar-refractivity contribution in [2.45, 2.75) is 38.3 Å². The van der Waals surface area contributed by atoms with E-state index >= 15 is 0 Å². The van der Waals surface area contributed by atoms with Crippen LogP contribution in [-0.4, -0.2) is 51.6 Å². The number of aromatic nitrogens is 2. The monoisotopic (exact) mass is 572 g/mol. The van der Waals surface area contributed by atoms with E-state index in [1.165, 1.54) is 17.8 Å². The number of amides is 1. The molecule has 1 aliphatic heterocycles. The topological polar surface area (TPSA) is 181 Å². The quantitative estimate of drug-likeness (QED) is 0.156. The number of imidazole rings is 1. The van der Waals surface area contributed by atoms with E-state index in [0.717, 1.165) is 5.56 Å². The summed E-state index contributed by atoms with van der Waals surface area (Å²) in [5.41, 5.74) is 5.64. The van der Waals surface area contributed by atoms with Crippen LogP contribution in [0.25, 0.3) is 0 Å². The Balaban J connectivity index is 1.44. The zero-order valence-electron chi connectivity index (χ0n) is 21.5. The molecule has 1 saturated heterocycles. The molecule has 0 bridgehead atoms. The standard InChI is InChI=1S/C26H29N4O9P/c1-17(26(34)36-14-18-8-4-2-5-9-18)29-40(35,39-20-10-6-3-7-11-20)37-15-21-19(13-31)12-22(38-21)30-16-28-23(24(27)32)25(30)33/h2-11,13,16-17,19,21-22,33H,12,14-15H2,1H3,(H2,27,32)(H,29,35)/t17-,19?,21+,22+,40?/m0/s1. The molecule has 4 N–H and O–H groups in total. The van der Waals surface area contributed by atoms with Crippen LogP contribution in [-0.2, 0) is 34.8 Å². The Labute approximate surface area is 229 Å². The summed E-state index contributed by atoms with van der Waals surface area (Å²) in [6.45, 7) is 1.10. The number of ether oxygens (including phenoxy) is 2. The van der Waals surface area contributed by atoms with Gasteiger partial charge in [0.25, 0.3) is 5.91 Å².